The summed E-state index contributed by atoms with van der Waals surface area (Å²) < 4.78 is 5.80. The van der Waals surface area contributed by atoms with Gasteiger partial charge in [0, 0.05) is 12.6 Å². The van der Waals surface area contributed by atoms with Gasteiger partial charge in [0.05, 0.1) is 6.10 Å². The van der Waals surface area contributed by atoms with Gasteiger partial charge < -0.3 is 10.5 Å². The van der Waals surface area contributed by atoms with E-state index in [1.807, 2.05) is 0 Å². The topological polar surface area (TPSA) is 35.2 Å². The summed E-state index contributed by atoms with van der Waals surface area (Å²) in [5.74, 6) is 1.59. The van der Waals surface area contributed by atoms with Gasteiger partial charge in [0.25, 0.3) is 0 Å². The Morgan fingerprint density at radius 1 is 1.36 bits per heavy atom. The smallest absolute Gasteiger partial charge is 0.0728 e. The largest absolute Gasteiger partial charge is 0.377 e. The first-order valence-corrected chi connectivity index (χ1v) is 6.02. The zero-order valence-corrected chi connectivity index (χ0v) is 9.83. The molecule has 0 aromatic carbocycles. The highest BCUT2D eigenvalue weighted by Crippen LogP contribution is 2.30. The molecule has 2 nitrogen and oxygen atoms in total. The normalized spacial score (nSPS) is 33.6. The van der Waals surface area contributed by atoms with Crippen molar-refractivity contribution in [3.63, 3.8) is 0 Å². The SMILES string of the molecule is CCCOC1CC(C(C)C)CCC1N. The molecule has 84 valence electrons. The Bertz CT molecular complexity index is 158. The first-order valence-electron chi connectivity index (χ1n) is 6.02. The van der Waals surface area contributed by atoms with Crippen LogP contribution in [-0.2, 0) is 4.74 Å². The van der Waals surface area contributed by atoms with E-state index in [9.17, 15) is 0 Å². The second-order valence-electron chi connectivity index (χ2n) is 4.89. The second-order valence-corrected chi connectivity index (χ2v) is 4.89. The third-order valence-electron chi connectivity index (χ3n) is 3.36. The molecule has 2 N–H and O–H groups in total. The molecule has 1 rings (SSSR count). The molecule has 0 radical (unpaired) electrons. The molecule has 0 aromatic rings. The standard InChI is InChI=1S/C12H25NO/c1-4-7-14-12-8-10(9(2)3)5-6-11(12)13/h9-12H,4-8,13H2,1-3H3. The second kappa shape index (κ2) is 5.72. The molecule has 1 aliphatic rings. The van der Waals surface area contributed by atoms with Crippen LogP contribution in [0.4, 0.5) is 0 Å². The Hall–Kier alpha value is -0.0800. The Labute approximate surface area is 88.2 Å². The maximum absolute atomic E-state index is 6.06. The molecular weight excluding hydrogens is 174 g/mol. The molecule has 3 unspecified atom stereocenters. The average Bonchev–Trinajstić information content (AvgIpc) is 2.16. The summed E-state index contributed by atoms with van der Waals surface area (Å²) in [5.41, 5.74) is 6.06. The fourth-order valence-electron chi connectivity index (χ4n) is 2.25. The van der Waals surface area contributed by atoms with Crippen LogP contribution in [-0.4, -0.2) is 18.8 Å². The van der Waals surface area contributed by atoms with Gasteiger partial charge >= 0.3 is 0 Å². The molecule has 0 heterocycles. The van der Waals surface area contributed by atoms with E-state index in [4.69, 9.17) is 10.5 Å². The number of hydrogen-bond acceptors (Lipinski definition) is 2. The van der Waals surface area contributed by atoms with Crippen molar-refractivity contribution in [2.24, 2.45) is 17.6 Å². The minimum atomic E-state index is 0.275. The van der Waals surface area contributed by atoms with Gasteiger partial charge in [-0.25, -0.2) is 0 Å². The zero-order chi connectivity index (χ0) is 10.6. The minimum absolute atomic E-state index is 0.275. The highest BCUT2D eigenvalue weighted by Gasteiger charge is 2.29. The molecule has 0 aromatic heterocycles. The Morgan fingerprint density at radius 2 is 2.07 bits per heavy atom. The summed E-state index contributed by atoms with van der Waals surface area (Å²) in [5, 5.41) is 0. The Kier molecular flexibility index (Phi) is 4.90. The lowest BCUT2D eigenvalue weighted by Crippen LogP contribution is -2.43. The maximum Gasteiger partial charge on any atom is 0.0728 e. The molecular formula is C12H25NO. The summed E-state index contributed by atoms with van der Waals surface area (Å²) in [4.78, 5) is 0. The van der Waals surface area contributed by atoms with E-state index in [-0.39, 0.29) is 6.04 Å². The molecule has 0 aliphatic heterocycles. The molecule has 0 spiro atoms. The summed E-state index contributed by atoms with van der Waals surface area (Å²) in [6.07, 6.45) is 4.99. The molecule has 1 fully saturated rings. The summed E-state index contributed by atoms with van der Waals surface area (Å²) in [6, 6.07) is 0.275. The lowest BCUT2D eigenvalue weighted by molar-refractivity contribution is -0.00677. The van der Waals surface area contributed by atoms with E-state index in [0.29, 0.717) is 6.10 Å². The van der Waals surface area contributed by atoms with Crippen LogP contribution in [0.3, 0.4) is 0 Å². The highest BCUT2D eigenvalue weighted by molar-refractivity contribution is 4.84. The fourth-order valence-corrected chi connectivity index (χ4v) is 2.25. The van der Waals surface area contributed by atoms with Gasteiger partial charge in [0.1, 0.15) is 0 Å². The predicted molar refractivity (Wildman–Crippen MR) is 60.2 cm³/mol. The van der Waals surface area contributed by atoms with Gasteiger partial charge in [0.15, 0.2) is 0 Å². The van der Waals surface area contributed by atoms with Crippen LogP contribution in [0.15, 0.2) is 0 Å². The van der Waals surface area contributed by atoms with Crippen molar-refractivity contribution >= 4 is 0 Å². The monoisotopic (exact) mass is 199 g/mol. The zero-order valence-electron chi connectivity index (χ0n) is 9.83. The molecule has 1 saturated carbocycles. The molecule has 3 atom stereocenters. The van der Waals surface area contributed by atoms with E-state index >= 15 is 0 Å². The third kappa shape index (κ3) is 3.25. The van der Waals surface area contributed by atoms with Crippen LogP contribution in [0.1, 0.15) is 46.5 Å². The van der Waals surface area contributed by atoms with Gasteiger partial charge in [-0.1, -0.05) is 20.8 Å². The lowest BCUT2D eigenvalue weighted by Gasteiger charge is -2.35. The number of nitrogens with two attached hydrogens (primary N) is 1. The van der Waals surface area contributed by atoms with Crippen LogP contribution in [0.2, 0.25) is 0 Å². The van der Waals surface area contributed by atoms with Crippen LogP contribution in [0, 0.1) is 11.8 Å². The number of rotatable bonds is 4. The average molecular weight is 199 g/mol. The van der Waals surface area contributed by atoms with Gasteiger partial charge in [-0.15, -0.1) is 0 Å². The Balaban J connectivity index is 2.38. The maximum atomic E-state index is 6.06. The summed E-state index contributed by atoms with van der Waals surface area (Å²) >= 11 is 0. The van der Waals surface area contributed by atoms with Crippen LogP contribution < -0.4 is 5.73 Å². The first-order chi connectivity index (χ1) is 6.65. The number of ether oxygens (including phenoxy) is 1. The summed E-state index contributed by atoms with van der Waals surface area (Å²) in [6.45, 7) is 7.62. The van der Waals surface area contributed by atoms with Crippen molar-refractivity contribution in [1.29, 1.82) is 0 Å². The molecule has 0 saturated heterocycles. The quantitative estimate of drug-likeness (QED) is 0.755. The third-order valence-corrected chi connectivity index (χ3v) is 3.36. The minimum Gasteiger partial charge on any atom is -0.377 e. The van der Waals surface area contributed by atoms with Crippen molar-refractivity contribution < 1.29 is 4.74 Å². The van der Waals surface area contributed by atoms with E-state index in [1.165, 1.54) is 12.8 Å². The summed E-state index contributed by atoms with van der Waals surface area (Å²) in [7, 11) is 0. The molecule has 2 heteroatoms. The van der Waals surface area contributed by atoms with E-state index in [1.54, 1.807) is 0 Å². The van der Waals surface area contributed by atoms with Crippen LogP contribution in [0.25, 0.3) is 0 Å². The van der Waals surface area contributed by atoms with Gasteiger partial charge in [-0.3, -0.25) is 0 Å². The van der Waals surface area contributed by atoms with Gasteiger partial charge in [0.2, 0.25) is 0 Å². The van der Waals surface area contributed by atoms with Crippen molar-refractivity contribution in [3.05, 3.63) is 0 Å². The van der Waals surface area contributed by atoms with Crippen molar-refractivity contribution in [3.8, 4) is 0 Å². The van der Waals surface area contributed by atoms with Crippen molar-refractivity contribution in [2.75, 3.05) is 6.61 Å². The molecule has 0 amide bonds. The predicted octanol–water partition coefficient (Wildman–Crippen LogP) is 2.57. The highest BCUT2D eigenvalue weighted by atomic mass is 16.5. The fraction of sp³-hybridized carbons (Fsp3) is 1.00. The van der Waals surface area contributed by atoms with Gasteiger partial charge in [-0.2, -0.15) is 0 Å². The molecule has 14 heavy (non-hydrogen) atoms. The van der Waals surface area contributed by atoms with Gasteiger partial charge in [-0.05, 0) is 37.5 Å². The lowest BCUT2D eigenvalue weighted by atomic mass is 9.78. The molecule has 1 aliphatic carbocycles. The Morgan fingerprint density at radius 3 is 2.64 bits per heavy atom. The van der Waals surface area contributed by atoms with Crippen molar-refractivity contribution in [1.82, 2.24) is 0 Å². The first kappa shape index (κ1) is 12.0. The van der Waals surface area contributed by atoms with E-state index in [2.05, 4.69) is 20.8 Å². The molecule has 0 bridgehead atoms. The van der Waals surface area contributed by atoms with Crippen LogP contribution >= 0.6 is 0 Å². The van der Waals surface area contributed by atoms with Crippen molar-refractivity contribution in [2.45, 2.75) is 58.6 Å². The van der Waals surface area contributed by atoms with E-state index < -0.39 is 0 Å². The number of hydrogen-bond donors (Lipinski definition) is 1. The van der Waals surface area contributed by atoms with Crippen LogP contribution in [0.5, 0.6) is 0 Å². The van der Waals surface area contributed by atoms with E-state index in [0.717, 1.165) is 31.3 Å².